The first-order valence-electron chi connectivity index (χ1n) is 10.6. The number of nitrogens with zero attached hydrogens (tertiary/aromatic N) is 3. The predicted octanol–water partition coefficient (Wildman–Crippen LogP) is 3.10. The number of aliphatic imine (C=N–C) groups is 1. The third-order valence-corrected chi connectivity index (χ3v) is 6.46. The second-order valence-corrected chi connectivity index (χ2v) is 8.96. The molecule has 0 bridgehead atoms. The molecule has 2 aromatic rings. The normalized spacial score (nSPS) is 16.8. The molecule has 1 amide bonds. The van der Waals surface area contributed by atoms with E-state index in [1.54, 1.807) is 30.3 Å². The van der Waals surface area contributed by atoms with E-state index in [1.807, 2.05) is 6.07 Å². The fourth-order valence-electron chi connectivity index (χ4n) is 3.59. The summed E-state index contributed by atoms with van der Waals surface area (Å²) in [5.74, 6) is 0.715. The van der Waals surface area contributed by atoms with Gasteiger partial charge in [0, 0.05) is 44.1 Å². The highest BCUT2D eigenvalue weighted by atomic mass is 32.1. The standard InChI is InChI=1S/C23H33N5OS/c1-18(19-8-5-4-6-9-19)28-13-11-20(12-14-28)26-23(25-17-22(29)27(2)3)24-16-21-10-7-15-30-21/h4-10,15,18,20H,11-14,16-17H2,1-3H3,(H2,24,25,26). The van der Waals surface area contributed by atoms with Crippen molar-refractivity contribution in [3.8, 4) is 0 Å². The lowest BCUT2D eigenvalue weighted by atomic mass is 10.0. The Hall–Kier alpha value is -2.38. The summed E-state index contributed by atoms with van der Waals surface area (Å²) in [6.07, 6.45) is 2.11. The number of guanidine groups is 1. The summed E-state index contributed by atoms with van der Waals surface area (Å²) < 4.78 is 0. The van der Waals surface area contributed by atoms with E-state index in [1.165, 1.54) is 10.4 Å². The van der Waals surface area contributed by atoms with Gasteiger partial charge in [-0.2, -0.15) is 0 Å². The molecule has 0 spiro atoms. The van der Waals surface area contributed by atoms with Gasteiger partial charge in [0.1, 0.15) is 6.54 Å². The molecule has 1 aliphatic heterocycles. The second-order valence-electron chi connectivity index (χ2n) is 7.93. The number of benzene rings is 1. The minimum absolute atomic E-state index is 0.00118. The van der Waals surface area contributed by atoms with Crippen LogP contribution < -0.4 is 10.6 Å². The number of likely N-dealkylation sites (tertiary alicyclic amines) is 1. The van der Waals surface area contributed by atoms with Gasteiger partial charge >= 0.3 is 0 Å². The number of hydrogen-bond donors (Lipinski definition) is 2. The molecule has 1 unspecified atom stereocenters. The van der Waals surface area contributed by atoms with Crippen molar-refractivity contribution in [1.82, 2.24) is 20.4 Å². The van der Waals surface area contributed by atoms with Gasteiger partial charge in [-0.3, -0.25) is 9.69 Å². The topological polar surface area (TPSA) is 60.0 Å². The van der Waals surface area contributed by atoms with Gasteiger partial charge in [-0.1, -0.05) is 36.4 Å². The molecule has 0 aliphatic carbocycles. The van der Waals surface area contributed by atoms with Crippen LogP contribution in [0.5, 0.6) is 0 Å². The Bertz CT molecular complexity index is 798. The Kier molecular flexibility index (Phi) is 8.28. The first kappa shape index (κ1) is 22.3. The average molecular weight is 428 g/mol. The van der Waals surface area contributed by atoms with Crippen molar-refractivity contribution < 1.29 is 4.79 Å². The van der Waals surface area contributed by atoms with E-state index in [-0.39, 0.29) is 12.5 Å². The number of likely N-dealkylation sites (N-methyl/N-ethyl adjacent to an activating group) is 1. The monoisotopic (exact) mass is 427 g/mol. The molecule has 1 aliphatic rings. The molecule has 1 saturated heterocycles. The maximum Gasteiger partial charge on any atom is 0.243 e. The van der Waals surface area contributed by atoms with Crippen molar-refractivity contribution in [3.05, 3.63) is 58.3 Å². The quantitative estimate of drug-likeness (QED) is 0.527. The van der Waals surface area contributed by atoms with Crippen molar-refractivity contribution in [1.29, 1.82) is 0 Å². The van der Waals surface area contributed by atoms with Crippen LogP contribution in [0.2, 0.25) is 0 Å². The van der Waals surface area contributed by atoms with Gasteiger partial charge in [0.05, 0.1) is 6.54 Å². The highest BCUT2D eigenvalue weighted by Crippen LogP contribution is 2.24. The molecule has 3 rings (SSSR count). The van der Waals surface area contributed by atoms with Crippen LogP contribution >= 0.6 is 11.3 Å². The number of thiophene rings is 1. The highest BCUT2D eigenvalue weighted by molar-refractivity contribution is 7.09. The lowest BCUT2D eigenvalue weighted by molar-refractivity contribution is -0.127. The van der Waals surface area contributed by atoms with Gasteiger partial charge in [0.2, 0.25) is 5.91 Å². The number of nitrogens with one attached hydrogen (secondary N) is 2. The first-order chi connectivity index (χ1) is 14.5. The molecule has 162 valence electrons. The van der Waals surface area contributed by atoms with E-state index in [4.69, 9.17) is 0 Å². The average Bonchev–Trinajstić information content (AvgIpc) is 3.29. The predicted molar refractivity (Wildman–Crippen MR) is 125 cm³/mol. The Morgan fingerprint density at radius 3 is 2.57 bits per heavy atom. The van der Waals surface area contributed by atoms with Crippen molar-refractivity contribution in [2.75, 3.05) is 33.7 Å². The Labute approximate surface area is 184 Å². The number of amides is 1. The van der Waals surface area contributed by atoms with Crippen LogP contribution in [0.3, 0.4) is 0 Å². The van der Waals surface area contributed by atoms with E-state index < -0.39 is 0 Å². The molecular formula is C23H33N5OS. The molecule has 6 nitrogen and oxygen atoms in total. The number of carbonyl (C=O) groups is 1. The summed E-state index contributed by atoms with van der Waals surface area (Å²) in [5.41, 5.74) is 1.37. The number of carbonyl (C=O) groups excluding carboxylic acids is 1. The maximum atomic E-state index is 12.0. The zero-order valence-electron chi connectivity index (χ0n) is 18.2. The van der Waals surface area contributed by atoms with Crippen LogP contribution in [-0.4, -0.2) is 61.4 Å². The summed E-state index contributed by atoms with van der Waals surface area (Å²) in [5, 5.41) is 9.02. The number of rotatable bonds is 7. The number of hydrogen-bond acceptors (Lipinski definition) is 4. The van der Waals surface area contributed by atoms with Crippen molar-refractivity contribution in [2.45, 2.75) is 38.4 Å². The molecule has 1 aromatic heterocycles. The Balaban J connectivity index is 1.54. The summed E-state index contributed by atoms with van der Waals surface area (Å²) in [7, 11) is 3.52. The fourth-order valence-corrected chi connectivity index (χ4v) is 4.24. The Morgan fingerprint density at radius 2 is 1.93 bits per heavy atom. The molecule has 2 N–H and O–H groups in total. The zero-order valence-corrected chi connectivity index (χ0v) is 19.0. The molecule has 30 heavy (non-hydrogen) atoms. The van der Waals surface area contributed by atoms with Gasteiger partial charge in [-0.15, -0.1) is 11.3 Å². The molecular weight excluding hydrogens is 394 g/mol. The van der Waals surface area contributed by atoms with Gasteiger partial charge in [-0.25, -0.2) is 4.99 Å². The van der Waals surface area contributed by atoms with E-state index in [2.05, 4.69) is 69.2 Å². The third kappa shape index (κ3) is 6.57. The molecule has 7 heteroatoms. The smallest absolute Gasteiger partial charge is 0.243 e. The zero-order chi connectivity index (χ0) is 21.3. The van der Waals surface area contributed by atoms with Gasteiger partial charge in [0.15, 0.2) is 5.96 Å². The SMILES string of the molecule is CC(c1ccccc1)N1CCC(NC(=NCC(=O)N(C)C)NCc2cccs2)CC1. The molecule has 1 aromatic carbocycles. The van der Waals surface area contributed by atoms with Gasteiger partial charge in [-0.05, 0) is 36.8 Å². The highest BCUT2D eigenvalue weighted by Gasteiger charge is 2.24. The van der Waals surface area contributed by atoms with Crippen LogP contribution in [-0.2, 0) is 11.3 Å². The van der Waals surface area contributed by atoms with Crippen molar-refractivity contribution in [2.24, 2.45) is 4.99 Å². The maximum absolute atomic E-state index is 12.0. The summed E-state index contributed by atoms with van der Waals surface area (Å²) in [6.45, 7) is 5.23. The largest absolute Gasteiger partial charge is 0.354 e. The van der Waals surface area contributed by atoms with E-state index >= 15 is 0 Å². The lowest BCUT2D eigenvalue weighted by Crippen LogP contribution is -2.49. The van der Waals surface area contributed by atoms with Crippen LogP contribution in [0, 0.1) is 0 Å². The van der Waals surface area contributed by atoms with E-state index in [9.17, 15) is 4.79 Å². The van der Waals surface area contributed by atoms with E-state index in [0.29, 0.717) is 24.6 Å². The van der Waals surface area contributed by atoms with Crippen LogP contribution in [0.4, 0.5) is 0 Å². The third-order valence-electron chi connectivity index (χ3n) is 5.58. The molecule has 1 fully saturated rings. The van der Waals surface area contributed by atoms with Crippen molar-refractivity contribution >= 4 is 23.2 Å². The first-order valence-corrected chi connectivity index (χ1v) is 11.5. The molecule has 0 saturated carbocycles. The fraction of sp³-hybridized carbons (Fsp3) is 0.478. The number of piperidine rings is 1. The summed E-state index contributed by atoms with van der Waals surface area (Å²) in [6, 6.07) is 15.6. The van der Waals surface area contributed by atoms with Crippen LogP contribution in [0.15, 0.2) is 52.8 Å². The molecule has 1 atom stereocenters. The summed E-state index contributed by atoms with van der Waals surface area (Å²) in [4.78, 5) is 21.9. The van der Waals surface area contributed by atoms with Gasteiger partial charge in [0.25, 0.3) is 0 Å². The minimum Gasteiger partial charge on any atom is -0.354 e. The molecule has 2 heterocycles. The molecule has 0 radical (unpaired) electrons. The van der Waals surface area contributed by atoms with Gasteiger partial charge < -0.3 is 15.5 Å². The minimum atomic E-state index is -0.00118. The Morgan fingerprint density at radius 1 is 1.20 bits per heavy atom. The van der Waals surface area contributed by atoms with Crippen LogP contribution in [0.1, 0.15) is 36.2 Å². The van der Waals surface area contributed by atoms with Crippen LogP contribution in [0.25, 0.3) is 0 Å². The lowest BCUT2D eigenvalue weighted by Gasteiger charge is -2.37. The van der Waals surface area contributed by atoms with Crippen molar-refractivity contribution in [3.63, 3.8) is 0 Å². The van der Waals surface area contributed by atoms with E-state index in [0.717, 1.165) is 25.9 Å². The summed E-state index contributed by atoms with van der Waals surface area (Å²) >= 11 is 1.71. The second kappa shape index (κ2) is 11.1.